The van der Waals surface area contributed by atoms with E-state index in [0.29, 0.717) is 0 Å². The van der Waals surface area contributed by atoms with E-state index in [9.17, 15) is 13.2 Å². The first-order valence-corrected chi connectivity index (χ1v) is 4.98. The summed E-state index contributed by atoms with van der Waals surface area (Å²) in [4.78, 5) is 3.43. The molecule has 15 heavy (non-hydrogen) atoms. The van der Waals surface area contributed by atoms with Crippen LogP contribution in [-0.2, 0) is 6.18 Å². The lowest BCUT2D eigenvalue weighted by molar-refractivity contribution is -0.141. The van der Waals surface area contributed by atoms with Crippen molar-refractivity contribution in [1.29, 1.82) is 0 Å². The Labute approximate surface area is 87.3 Å². The van der Waals surface area contributed by atoms with Crippen molar-refractivity contribution in [2.75, 3.05) is 0 Å². The molecule has 1 aromatic rings. The van der Waals surface area contributed by atoms with Gasteiger partial charge < -0.3 is 0 Å². The summed E-state index contributed by atoms with van der Waals surface area (Å²) in [5.74, 6) is 0.268. The fourth-order valence-electron chi connectivity index (χ4n) is 1.46. The monoisotopic (exact) mass is 217 g/mol. The molecule has 1 nitrogen and oxygen atoms in total. The van der Waals surface area contributed by atoms with Gasteiger partial charge in [-0.25, -0.2) is 0 Å². The number of nitrogens with zero attached hydrogens (tertiary/aromatic N) is 1. The molecule has 0 saturated heterocycles. The van der Waals surface area contributed by atoms with Crippen LogP contribution in [0.5, 0.6) is 0 Å². The highest BCUT2D eigenvalue weighted by Gasteiger charge is 2.32. The van der Waals surface area contributed by atoms with E-state index in [1.54, 1.807) is 0 Å². The quantitative estimate of drug-likeness (QED) is 0.745. The molecule has 0 radical (unpaired) electrons. The first-order valence-electron chi connectivity index (χ1n) is 4.98. The first kappa shape index (κ1) is 12.0. The van der Waals surface area contributed by atoms with Crippen molar-refractivity contribution < 1.29 is 13.2 Å². The highest BCUT2D eigenvalue weighted by molar-refractivity contribution is 5.19. The summed E-state index contributed by atoms with van der Waals surface area (Å²) in [5, 5.41) is 0. The minimum Gasteiger partial charge on any atom is -0.251 e. The second-order valence-corrected chi connectivity index (χ2v) is 3.66. The molecule has 0 aromatic carbocycles. The van der Waals surface area contributed by atoms with Gasteiger partial charge in [0, 0.05) is 6.20 Å². The van der Waals surface area contributed by atoms with E-state index in [0.717, 1.165) is 24.5 Å². The molecule has 1 atom stereocenters. The van der Waals surface area contributed by atoms with Gasteiger partial charge in [0.25, 0.3) is 0 Å². The van der Waals surface area contributed by atoms with E-state index >= 15 is 0 Å². The van der Waals surface area contributed by atoms with Gasteiger partial charge in [-0.3, -0.25) is 4.98 Å². The average molecular weight is 217 g/mol. The predicted molar refractivity (Wildman–Crippen MR) is 52.6 cm³/mol. The molecular weight excluding hydrogens is 203 g/mol. The van der Waals surface area contributed by atoms with E-state index in [2.05, 4.69) is 4.98 Å². The number of hydrogen-bond donors (Lipinski definition) is 0. The van der Waals surface area contributed by atoms with Gasteiger partial charge in [0.2, 0.25) is 0 Å². The van der Waals surface area contributed by atoms with Crippen LogP contribution in [0.4, 0.5) is 13.2 Å². The van der Waals surface area contributed by atoms with E-state index < -0.39 is 11.9 Å². The Balaban J connectivity index is 2.81. The molecule has 0 bridgehead atoms. The van der Waals surface area contributed by atoms with Crippen LogP contribution in [0, 0.1) is 0 Å². The van der Waals surface area contributed by atoms with Crippen LogP contribution < -0.4 is 0 Å². The molecule has 0 N–H and O–H groups in total. The number of halogens is 3. The Hall–Kier alpha value is -1.06. The van der Waals surface area contributed by atoms with Gasteiger partial charge in [-0.1, -0.05) is 26.3 Å². The standard InChI is InChI=1S/C11H14F3N/c1-3-4-8(2)9-5-6-10(15-7-9)11(12,13)14/h5-8H,3-4H2,1-2H3/t8-/m0/s1. The van der Waals surface area contributed by atoms with Gasteiger partial charge in [-0.15, -0.1) is 0 Å². The summed E-state index contributed by atoms with van der Waals surface area (Å²) >= 11 is 0. The van der Waals surface area contributed by atoms with Crippen molar-refractivity contribution in [2.45, 2.75) is 38.8 Å². The fourth-order valence-corrected chi connectivity index (χ4v) is 1.46. The number of hydrogen-bond acceptors (Lipinski definition) is 1. The second-order valence-electron chi connectivity index (χ2n) is 3.66. The van der Waals surface area contributed by atoms with Crippen molar-refractivity contribution in [2.24, 2.45) is 0 Å². The zero-order chi connectivity index (χ0) is 11.5. The molecule has 0 aliphatic carbocycles. The van der Waals surface area contributed by atoms with Gasteiger partial charge in [0.1, 0.15) is 5.69 Å². The lowest BCUT2D eigenvalue weighted by atomic mass is 9.98. The highest BCUT2D eigenvalue weighted by Crippen LogP contribution is 2.28. The number of pyridine rings is 1. The van der Waals surface area contributed by atoms with Crippen molar-refractivity contribution in [3.05, 3.63) is 29.6 Å². The molecule has 0 unspecified atom stereocenters. The summed E-state index contributed by atoms with van der Waals surface area (Å²) in [5.41, 5.74) is 0.0415. The lowest BCUT2D eigenvalue weighted by Gasteiger charge is -2.11. The Kier molecular flexibility index (Phi) is 3.72. The zero-order valence-corrected chi connectivity index (χ0v) is 8.80. The normalized spacial score (nSPS) is 13.9. The molecule has 0 fully saturated rings. The second kappa shape index (κ2) is 4.64. The van der Waals surface area contributed by atoms with Crippen LogP contribution in [0.3, 0.4) is 0 Å². The number of rotatable bonds is 3. The SMILES string of the molecule is CCC[C@H](C)c1ccc(C(F)(F)F)nc1. The highest BCUT2D eigenvalue weighted by atomic mass is 19.4. The molecule has 84 valence electrons. The Morgan fingerprint density at radius 2 is 2.00 bits per heavy atom. The summed E-state index contributed by atoms with van der Waals surface area (Å²) in [6.45, 7) is 4.04. The molecule has 0 aliphatic heterocycles. The van der Waals surface area contributed by atoms with Gasteiger partial charge in [0.15, 0.2) is 0 Å². The number of aromatic nitrogens is 1. The maximum Gasteiger partial charge on any atom is 0.433 e. The zero-order valence-electron chi connectivity index (χ0n) is 8.80. The number of alkyl halides is 3. The predicted octanol–water partition coefficient (Wildman–Crippen LogP) is 4.00. The molecular formula is C11H14F3N. The van der Waals surface area contributed by atoms with E-state index in [1.165, 1.54) is 12.3 Å². The van der Waals surface area contributed by atoms with Crippen LogP contribution in [0.1, 0.15) is 43.9 Å². The van der Waals surface area contributed by atoms with Gasteiger partial charge in [0.05, 0.1) is 0 Å². The Bertz CT molecular complexity index is 303. The van der Waals surface area contributed by atoms with Gasteiger partial charge in [-0.2, -0.15) is 13.2 Å². The van der Waals surface area contributed by atoms with Crippen LogP contribution in [0.25, 0.3) is 0 Å². The van der Waals surface area contributed by atoms with Gasteiger partial charge in [-0.05, 0) is 24.0 Å². The maximum absolute atomic E-state index is 12.2. The lowest BCUT2D eigenvalue weighted by Crippen LogP contribution is -2.08. The van der Waals surface area contributed by atoms with Crippen LogP contribution in [0.2, 0.25) is 0 Å². The summed E-state index contributed by atoms with van der Waals surface area (Å²) in [6.07, 6.45) is -1.04. The van der Waals surface area contributed by atoms with Crippen LogP contribution in [0.15, 0.2) is 18.3 Å². The van der Waals surface area contributed by atoms with Crippen molar-refractivity contribution in [3.8, 4) is 0 Å². The topological polar surface area (TPSA) is 12.9 Å². The smallest absolute Gasteiger partial charge is 0.251 e. The molecule has 1 aromatic heterocycles. The van der Waals surface area contributed by atoms with Crippen molar-refractivity contribution >= 4 is 0 Å². The van der Waals surface area contributed by atoms with Crippen molar-refractivity contribution in [3.63, 3.8) is 0 Å². The van der Waals surface area contributed by atoms with E-state index in [-0.39, 0.29) is 5.92 Å². The molecule has 0 spiro atoms. The van der Waals surface area contributed by atoms with Crippen LogP contribution in [-0.4, -0.2) is 4.98 Å². The third kappa shape index (κ3) is 3.22. The first-order chi connectivity index (χ1) is 6.95. The van der Waals surface area contributed by atoms with Crippen molar-refractivity contribution in [1.82, 2.24) is 4.98 Å². The molecule has 1 rings (SSSR count). The molecule has 0 saturated carbocycles. The molecule has 1 heterocycles. The largest absolute Gasteiger partial charge is 0.433 e. The average Bonchev–Trinajstić information content (AvgIpc) is 2.17. The van der Waals surface area contributed by atoms with Gasteiger partial charge >= 0.3 is 6.18 Å². The fraction of sp³-hybridized carbons (Fsp3) is 0.545. The minimum absolute atomic E-state index is 0.268. The third-order valence-corrected chi connectivity index (χ3v) is 2.37. The molecule has 0 aliphatic rings. The summed E-state index contributed by atoms with van der Waals surface area (Å²) in [6, 6.07) is 2.55. The summed E-state index contributed by atoms with van der Waals surface area (Å²) < 4.78 is 36.6. The van der Waals surface area contributed by atoms with Crippen LogP contribution >= 0.6 is 0 Å². The summed E-state index contributed by atoms with van der Waals surface area (Å²) in [7, 11) is 0. The Morgan fingerprint density at radius 1 is 1.33 bits per heavy atom. The van der Waals surface area contributed by atoms with E-state index in [4.69, 9.17) is 0 Å². The minimum atomic E-state index is -4.34. The molecule has 4 heteroatoms. The molecule has 0 amide bonds. The maximum atomic E-state index is 12.2. The van der Waals surface area contributed by atoms with E-state index in [1.807, 2.05) is 13.8 Å². The Morgan fingerprint density at radius 3 is 2.40 bits per heavy atom. The third-order valence-electron chi connectivity index (χ3n) is 2.37.